The van der Waals surface area contributed by atoms with Crippen LogP contribution in [0.4, 0.5) is 5.69 Å². The van der Waals surface area contributed by atoms with E-state index in [1.165, 1.54) is 0 Å². The molecular weight excluding hydrogens is 454 g/mol. The standard InChI is InChI=1S/C25H22BrN3O2/c26-18-8-10-19(11-9-18)27-22-7-4-13-25(22)21-12-14-29(15-17-5-2-1-3-6-17)16-20(21)23(30)28-24(25)31/h1-3,5-6,8-12,14,16,21H,4,7,13,15H2,(H,28,30,31)/t21-,25-/m0/s1. The molecule has 0 aromatic heterocycles. The van der Waals surface area contributed by atoms with Gasteiger partial charge in [-0.25, -0.2) is 0 Å². The van der Waals surface area contributed by atoms with Crippen molar-refractivity contribution in [3.63, 3.8) is 0 Å². The molecule has 2 amide bonds. The molecule has 1 saturated carbocycles. The first-order valence-corrected chi connectivity index (χ1v) is 11.2. The number of amides is 2. The predicted octanol–water partition coefficient (Wildman–Crippen LogP) is 4.88. The summed E-state index contributed by atoms with van der Waals surface area (Å²) in [6.07, 6.45) is 8.20. The number of allylic oxidation sites excluding steroid dienone is 1. The quantitative estimate of drug-likeness (QED) is 0.643. The topological polar surface area (TPSA) is 61.8 Å². The second-order valence-corrected chi connectivity index (χ2v) is 9.12. The normalized spacial score (nSPS) is 26.2. The van der Waals surface area contributed by atoms with E-state index in [1.807, 2.05) is 65.8 Å². The van der Waals surface area contributed by atoms with Crippen molar-refractivity contribution in [1.29, 1.82) is 0 Å². The highest BCUT2D eigenvalue weighted by Gasteiger charge is 2.57. The van der Waals surface area contributed by atoms with Crippen LogP contribution in [0, 0.1) is 11.3 Å². The molecule has 3 aliphatic rings. The van der Waals surface area contributed by atoms with Crippen molar-refractivity contribution >= 4 is 39.1 Å². The molecule has 1 spiro atoms. The molecule has 1 aliphatic carbocycles. The maximum atomic E-state index is 13.2. The molecule has 2 fully saturated rings. The Morgan fingerprint density at radius 3 is 2.65 bits per heavy atom. The van der Waals surface area contributed by atoms with Gasteiger partial charge in [-0.15, -0.1) is 0 Å². The molecule has 31 heavy (non-hydrogen) atoms. The number of carbonyl (C=O) groups excluding carboxylic acids is 2. The Labute approximate surface area is 189 Å². The average Bonchev–Trinajstić information content (AvgIpc) is 3.19. The molecule has 5 rings (SSSR count). The first-order chi connectivity index (χ1) is 15.1. The van der Waals surface area contributed by atoms with Crippen LogP contribution in [0.25, 0.3) is 0 Å². The zero-order valence-electron chi connectivity index (χ0n) is 16.9. The van der Waals surface area contributed by atoms with Crippen molar-refractivity contribution in [2.24, 2.45) is 16.3 Å². The third kappa shape index (κ3) is 3.55. The number of hydrogen-bond acceptors (Lipinski definition) is 4. The van der Waals surface area contributed by atoms with Crippen LogP contribution in [0.3, 0.4) is 0 Å². The SMILES string of the molecule is O=C1NC(=O)[C@@]2(CCCC2=Nc2ccc(Br)cc2)[C@H]2C=CN(Cc3ccccc3)C=C12. The molecule has 0 unspecified atom stereocenters. The maximum Gasteiger partial charge on any atom is 0.255 e. The van der Waals surface area contributed by atoms with E-state index in [0.29, 0.717) is 18.5 Å². The number of piperidine rings is 1. The van der Waals surface area contributed by atoms with Gasteiger partial charge in [0, 0.05) is 40.6 Å². The predicted molar refractivity (Wildman–Crippen MR) is 123 cm³/mol. The summed E-state index contributed by atoms with van der Waals surface area (Å²) in [6.45, 7) is 0.668. The number of hydrogen-bond donors (Lipinski definition) is 1. The Hall–Kier alpha value is -2.99. The number of nitrogens with zero attached hydrogens (tertiary/aromatic N) is 2. The third-order valence-electron chi connectivity index (χ3n) is 6.33. The van der Waals surface area contributed by atoms with Gasteiger partial charge in [0.1, 0.15) is 0 Å². The minimum Gasteiger partial charge on any atom is -0.350 e. The summed E-state index contributed by atoms with van der Waals surface area (Å²) in [5.74, 6) is -0.829. The van der Waals surface area contributed by atoms with Gasteiger partial charge in [0.15, 0.2) is 0 Å². The maximum absolute atomic E-state index is 13.2. The van der Waals surface area contributed by atoms with E-state index in [9.17, 15) is 9.59 Å². The zero-order valence-corrected chi connectivity index (χ0v) is 18.5. The van der Waals surface area contributed by atoms with E-state index < -0.39 is 5.41 Å². The molecule has 2 atom stereocenters. The summed E-state index contributed by atoms with van der Waals surface area (Å²) < 4.78 is 0.984. The van der Waals surface area contributed by atoms with Crippen molar-refractivity contribution in [1.82, 2.24) is 10.2 Å². The smallest absolute Gasteiger partial charge is 0.255 e. The van der Waals surface area contributed by atoms with Crippen LogP contribution in [0.1, 0.15) is 24.8 Å². The summed E-state index contributed by atoms with van der Waals surface area (Å²) in [5.41, 5.74) is 2.66. The minimum atomic E-state index is -0.803. The molecule has 2 aromatic carbocycles. The van der Waals surface area contributed by atoms with Gasteiger partial charge in [-0.2, -0.15) is 0 Å². The number of carbonyl (C=O) groups is 2. The van der Waals surface area contributed by atoms with Gasteiger partial charge in [0.2, 0.25) is 5.91 Å². The average molecular weight is 476 g/mol. The molecule has 156 valence electrons. The second kappa shape index (κ2) is 7.93. The zero-order chi connectivity index (χ0) is 21.4. The summed E-state index contributed by atoms with van der Waals surface area (Å²) in [6, 6.07) is 17.9. The molecule has 5 nitrogen and oxygen atoms in total. The second-order valence-electron chi connectivity index (χ2n) is 8.20. The number of aliphatic imine (C=N–C) groups is 1. The van der Waals surface area contributed by atoms with Gasteiger partial charge in [-0.05, 0) is 49.1 Å². The Bertz CT molecular complexity index is 1120. The van der Waals surface area contributed by atoms with Crippen molar-refractivity contribution < 1.29 is 9.59 Å². The Kier molecular flexibility index (Phi) is 5.10. The Balaban J connectivity index is 1.50. The van der Waals surface area contributed by atoms with Crippen molar-refractivity contribution in [2.75, 3.05) is 0 Å². The summed E-state index contributed by atoms with van der Waals surface area (Å²) in [5, 5.41) is 2.63. The van der Waals surface area contributed by atoms with Crippen LogP contribution in [0.5, 0.6) is 0 Å². The summed E-state index contributed by atoms with van der Waals surface area (Å²) in [4.78, 5) is 32.9. The molecule has 6 heteroatoms. The number of benzene rings is 2. The Morgan fingerprint density at radius 2 is 1.87 bits per heavy atom. The highest BCUT2D eigenvalue weighted by Crippen LogP contribution is 2.50. The lowest BCUT2D eigenvalue weighted by Gasteiger charge is -2.42. The first kappa shape index (κ1) is 19.9. The van der Waals surface area contributed by atoms with Gasteiger partial charge in [-0.3, -0.25) is 19.9 Å². The van der Waals surface area contributed by atoms with Gasteiger partial charge in [0.25, 0.3) is 5.91 Å². The molecule has 2 heterocycles. The molecule has 0 bridgehead atoms. The fourth-order valence-electron chi connectivity index (χ4n) is 4.86. The van der Waals surface area contributed by atoms with Crippen molar-refractivity contribution in [3.05, 3.63) is 88.7 Å². The lowest BCUT2D eigenvalue weighted by molar-refractivity contribution is -0.137. The van der Waals surface area contributed by atoms with Crippen LogP contribution in [0.15, 0.2) is 88.1 Å². The van der Waals surface area contributed by atoms with E-state index in [-0.39, 0.29) is 17.7 Å². The van der Waals surface area contributed by atoms with Gasteiger partial charge in [0.05, 0.1) is 11.1 Å². The van der Waals surface area contributed by atoms with Crippen LogP contribution >= 0.6 is 15.9 Å². The van der Waals surface area contributed by atoms with E-state index in [2.05, 4.69) is 33.4 Å². The van der Waals surface area contributed by atoms with E-state index >= 15 is 0 Å². The number of rotatable bonds is 3. The molecule has 0 radical (unpaired) electrons. The number of nitrogens with one attached hydrogen (secondary N) is 1. The van der Waals surface area contributed by atoms with Gasteiger partial charge < -0.3 is 4.90 Å². The van der Waals surface area contributed by atoms with Crippen LogP contribution < -0.4 is 5.32 Å². The number of halogens is 1. The fraction of sp³-hybridized carbons (Fsp3) is 0.240. The molecule has 2 aromatic rings. The fourth-order valence-corrected chi connectivity index (χ4v) is 5.13. The highest BCUT2D eigenvalue weighted by molar-refractivity contribution is 9.10. The van der Waals surface area contributed by atoms with E-state index in [4.69, 9.17) is 4.99 Å². The van der Waals surface area contributed by atoms with Gasteiger partial charge in [-0.1, -0.05) is 52.3 Å². The Morgan fingerprint density at radius 1 is 1.10 bits per heavy atom. The molecular formula is C25H22BrN3O2. The number of fused-ring (bicyclic) bond motifs is 2. The largest absolute Gasteiger partial charge is 0.350 e. The van der Waals surface area contributed by atoms with Crippen LogP contribution in [-0.2, 0) is 16.1 Å². The lowest BCUT2D eigenvalue weighted by atomic mass is 9.65. The molecule has 1 N–H and O–H groups in total. The lowest BCUT2D eigenvalue weighted by Crippen LogP contribution is -2.57. The molecule has 2 aliphatic heterocycles. The van der Waals surface area contributed by atoms with Crippen molar-refractivity contribution in [3.8, 4) is 0 Å². The molecule has 1 saturated heterocycles. The van der Waals surface area contributed by atoms with Gasteiger partial charge >= 0.3 is 0 Å². The summed E-state index contributed by atoms with van der Waals surface area (Å²) in [7, 11) is 0. The van der Waals surface area contributed by atoms with E-state index in [1.54, 1.807) is 0 Å². The van der Waals surface area contributed by atoms with E-state index in [0.717, 1.165) is 34.3 Å². The monoisotopic (exact) mass is 475 g/mol. The first-order valence-electron chi connectivity index (χ1n) is 10.5. The third-order valence-corrected chi connectivity index (χ3v) is 6.86. The summed E-state index contributed by atoms with van der Waals surface area (Å²) >= 11 is 3.45. The van der Waals surface area contributed by atoms with Crippen LogP contribution in [-0.4, -0.2) is 22.4 Å². The minimum absolute atomic E-state index is 0.228. The highest BCUT2D eigenvalue weighted by atomic mass is 79.9. The van der Waals surface area contributed by atoms with Crippen LogP contribution in [0.2, 0.25) is 0 Å². The number of imide groups is 1. The van der Waals surface area contributed by atoms with Crippen molar-refractivity contribution in [2.45, 2.75) is 25.8 Å².